The summed E-state index contributed by atoms with van der Waals surface area (Å²) in [5.41, 5.74) is -1.30. The van der Waals surface area contributed by atoms with E-state index in [1.165, 1.54) is 0 Å². The standard InChI is InChI=1S/C23H28F2N6O4S/c1-2-7-36-23-27-21(26-15-9-12(15)11-3-4-13(24)14(25)8-11)18-22(28-23)31(30-29-18)16-10-17(35-6-5-32)20(34)19(16)33/h3-4,8,12,15-17,19-20,32-34H,2,5-7,9-10H2,1H3,(H,26,27,28)/t12?,15-,16+,17-,19-,20+/m0/s1/i3D,4D,8D,10D2,15D,16D,17D,19D,20D. The fourth-order valence-electron chi connectivity index (χ4n) is 3.42. The Morgan fingerprint density at radius 1 is 1.31 bits per heavy atom. The lowest BCUT2D eigenvalue weighted by molar-refractivity contribution is -0.0629. The van der Waals surface area contributed by atoms with Crippen LogP contribution < -0.4 is 5.32 Å². The van der Waals surface area contributed by atoms with Gasteiger partial charge in [-0.15, -0.1) is 5.10 Å². The van der Waals surface area contributed by atoms with Crippen molar-refractivity contribution in [2.24, 2.45) is 0 Å². The molecule has 3 aromatic rings. The number of aromatic nitrogens is 5. The van der Waals surface area contributed by atoms with E-state index in [-0.39, 0.29) is 22.9 Å². The Labute approximate surface area is 224 Å². The lowest BCUT2D eigenvalue weighted by Gasteiger charge is -2.17. The van der Waals surface area contributed by atoms with Crippen molar-refractivity contribution in [1.82, 2.24) is 25.0 Å². The summed E-state index contributed by atoms with van der Waals surface area (Å²) in [4.78, 5) is 8.57. The predicted molar refractivity (Wildman–Crippen MR) is 128 cm³/mol. The molecule has 2 aliphatic rings. The summed E-state index contributed by atoms with van der Waals surface area (Å²) in [6, 6.07) is -8.25. The lowest BCUT2D eigenvalue weighted by Crippen LogP contribution is -2.33. The van der Waals surface area contributed by atoms with E-state index >= 15 is 0 Å². The minimum Gasteiger partial charge on any atom is -0.394 e. The number of aliphatic hydroxyl groups excluding tert-OH is 1. The van der Waals surface area contributed by atoms with Crippen molar-refractivity contribution in [3.63, 3.8) is 0 Å². The average molecular weight is 533 g/mol. The Balaban J connectivity index is 1.66. The molecule has 2 aliphatic carbocycles. The number of anilines is 1. The molecule has 0 aliphatic heterocycles. The van der Waals surface area contributed by atoms with Gasteiger partial charge in [-0.3, -0.25) is 0 Å². The zero-order valence-corrected chi connectivity index (χ0v) is 19.6. The van der Waals surface area contributed by atoms with Crippen LogP contribution >= 0.6 is 11.8 Å². The van der Waals surface area contributed by atoms with Gasteiger partial charge in [0.15, 0.2) is 33.8 Å². The van der Waals surface area contributed by atoms with Crippen molar-refractivity contribution in [2.45, 2.75) is 67.5 Å². The van der Waals surface area contributed by atoms with Gasteiger partial charge in [0.2, 0.25) is 0 Å². The fourth-order valence-corrected chi connectivity index (χ4v) is 4.12. The Hall–Kier alpha value is -2.45. The fraction of sp³-hybridized carbons (Fsp3) is 0.565. The normalized spacial score (nSPS) is 43.2. The van der Waals surface area contributed by atoms with Crippen LogP contribution in [0.4, 0.5) is 14.6 Å². The van der Waals surface area contributed by atoms with E-state index in [1.807, 2.05) is 6.92 Å². The highest BCUT2D eigenvalue weighted by Gasteiger charge is 2.45. The van der Waals surface area contributed by atoms with Gasteiger partial charge in [-0.25, -0.2) is 23.4 Å². The molecule has 0 spiro atoms. The van der Waals surface area contributed by atoms with E-state index in [4.69, 9.17) is 18.4 Å². The molecule has 2 fully saturated rings. The topological polar surface area (TPSA) is 138 Å². The van der Waals surface area contributed by atoms with E-state index in [9.17, 15) is 24.1 Å². The number of nitrogens with one attached hydrogen (secondary N) is 1. The van der Waals surface area contributed by atoms with Crippen LogP contribution in [0.5, 0.6) is 0 Å². The third-order valence-electron chi connectivity index (χ3n) is 5.22. The summed E-state index contributed by atoms with van der Waals surface area (Å²) in [5, 5.41) is 41.5. The zero-order valence-electron chi connectivity index (χ0n) is 28.8. The van der Waals surface area contributed by atoms with E-state index < -0.39 is 96.8 Å². The number of ether oxygens (including phenoxy) is 1. The number of thioether (sulfide) groups is 1. The second-order valence-corrected chi connectivity index (χ2v) is 8.83. The maximum Gasteiger partial charge on any atom is 0.191 e. The number of benzene rings is 1. The van der Waals surface area contributed by atoms with Crippen LogP contribution in [-0.2, 0) is 4.74 Å². The van der Waals surface area contributed by atoms with Crippen molar-refractivity contribution in [1.29, 1.82) is 0 Å². The molecule has 0 bridgehead atoms. The van der Waals surface area contributed by atoms with Crippen LogP contribution in [0.15, 0.2) is 23.3 Å². The molecule has 0 saturated heterocycles. The number of aliphatic hydroxyl groups is 3. The first-order valence-corrected chi connectivity index (χ1v) is 11.9. The van der Waals surface area contributed by atoms with Crippen molar-refractivity contribution in [3.8, 4) is 0 Å². The van der Waals surface area contributed by atoms with Gasteiger partial charge < -0.3 is 25.4 Å². The lowest BCUT2D eigenvalue weighted by atomic mass is 10.1. The number of hydrogen-bond donors (Lipinski definition) is 4. The second kappa shape index (κ2) is 10.5. The van der Waals surface area contributed by atoms with Gasteiger partial charge in [0.1, 0.15) is 12.2 Å². The molecule has 4 N–H and O–H groups in total. The Kier molecular flexibility index (Phi) is 4.59. The smallest absolute Gasteiger partial charge is 0.191 e. The monoisotopic (exact) mass is 532 g/mol. The van der Waals surface area contributed by atoms with Gasteiger partial charge in [-0.05, 0) is 30.5 Å². The Bertz CT molecular complexity index is 1700. The molecule has 6 atom stereocenters. The van der Waals surface area contributed by atoms with Gasteiger partial charge >= 0.3 is 0 Å². The van der Waals surface area contributed by atoms with Gasteiger partial charge in [0.25, 0.3) is 0 Å². The first-order valence-electron chi connectivity index (χ1n) is 15.9. The van der Waals surface area contributed by atoms with Crippen LogP contribution in [0, 0.1) is 11.6 Å². The molecule has 0 amide bonds. The van der Waals surface area contributed by atoms with Crippen LogP contribution in [-0.4, -0.2) is 83.5 Å². The molecule has 0 radical (unpaired) electrons. The molecule has 36 heavy (non-hydrogen) atoms. The molecule has 1 aromatic carbocycles. The van der Waals surface area contributed by atoms with Gasteiger partial charge in [-0.1, -0.05) is 29.9 Å². The number of fused-ring (bicyclic) bond motifs is 1. The predicted octanol–water partition coefficient (Wildman–Crippen LogP) is 2.01. The largest absolute Gasteiger partial charge is 0.394 e. The van der Waals surface area contributed by atoms with Crippen molar-refractivity contribution in [3.05, 3.63) is 35.3 Å². The highest BCUT2D eigenvalue weighted by atomic mass is 32.2. The third kappa shape index (κ3) is 4.90. The van der Waals surface area contributed by atoms with Crippen LogP contribution in [0.25, 0.3) is 11.2 Å². The van der Waals surface area contributed by atoms with E-state index in [0.29, 0.717) is 16.9 Å². The quantitative estimate of drug-likeness (QED) is 0.227. The van der Waals surface area contributed by atoms with Gasteiger partial charge in [0, 0.05) is 26.8 Å². The van der Waals surface area contributed by atoms with E-state index in [2.05, 4.69) is 25.6 Å². The molecule has 2 heterocycles. The number of rotatable bonds is 10. The molecular weight excluding hydrogens is 494 g/mol. The maximum absolute atomic E-state index is 14.3. The van der Waals surface area contributed by atoms with E-state index in [0.717, 1.165) is 11.8 Å². The SMILES string of the molecule is [2H]c1c([2H])c(C2C[C@]2([2H])Nc2nc(SCCC)nc3c2nnn3[C@]2([2H])C([2H])([2H])[C@]([2H])(OCCO)[C@@]([2H])(O)[C@@]2([2H])O)c([2H])c(F)c1F. The van der Waals surface area contributed by atoms with Crippen molar-refractivity contribution >= 4 is 28.7 Å². The molecule has 13 heteroatoms. The Morgan fingerprint density at radius 3 is 2.92 bits per heavy atom. The van der Waals surface area contributed by atoms with Gasteiger partial charge in [-0.2, -0.15) is 0 Å². The minimum absolute atomic E-state index is 0.0599. The zero-order chi connectivity index (χ0) is 34.4. The average Bonchev–Trinajstić information content (AvgIpc) is 3.42. The summed E-state index contributed by atoms with van der Waals surface area (Å²) < 4.78 is 118. The first kappa shape index (κ1) is 15.7. The van der Waals surface area contributed by atoms with Crippen molar-refractivity contribution < 1.29 is 42.5 Å². The number of halogens is 2. The molecule has 10 nitrogen and oxygen atoms in total. The van der Waals surface area contributed by atoms with Gasteiger partial charge in [0.05, 0.1) is 36.3 Å². The molecular formula is C23H28F2N6O4S. The molecule has 1 unspecified atom stereocenters. The number of nitrogens with zero attached hydrogens (tertiary/aromatic N) is 5. The third-order valence-corrected chi connectivity index (χ3v) is 6.27. The molecule has 194 valence electrons. The highest BCUT2D eigenvalue weighted by molar-refractivity contribution is 7.99. The summed E-state index contributed by atoms with van der Waals surface area (Å²) >= 11 is 1.06. The van der Waals surface area contributed by atoms with Crippen LogP contribution in [0.2, 0.25) is 0 Å². The minimum atomic E-state index is -3.90. The highest BCUT2D eigenvalue weighted by Crippen LogP contribution is 2.44. The van der Waals surface area contributed by atoms with E-state index in [1.54, 1.807) is 0 Å². The maximum atomic E-state index is 14.3. The Morgan fingerprint density at radius 2 is 2.14 bits per heavy atom. The molecule has 2 aromatic heterocycles. The number of hydrogen-bond acceptors (Lipinski definition) is 10. The molecule has 5 rings (SSSR count). The summed E-state index contributed by atoms with van der Waals surface area (Å²) in [6.07, 6.45) is -14.5. The van der Waals surface area contributed by atoms with Crippen LogP contribution in [0.1, 0.15) is 57.3 Å². The first-order chi connectivity index (χ1) is 21.2. The molecule has 2 saturated carbocycles. The van der Waals surface area contributed by atoms with Crippen LogP contribution in [0.3, 0.4) is 0 Å². The van der Waals surface area contributed by atoms with Crippen molar-refractivity contribution in [2.75, 3.05) is 24.3 Å². The summed E-state index contributed by atoms with van der Waals surface area (Å²) in [7, 11) is 0. The summed E-state index contributed by atoms with van der Waals surface area (Å²) in [5.74, 6) is -4.26. The second-order valence-electron chi connectivity index (χ2n) is 7.77. The summed E-state index contributed by atoms with van der Waals surface area (Å²) in [6.45, 7) is 0.230.